The van der Waals surface area contributed by atoms with Gasteiger partial charge in [0.15, 0.2) is 11.6 Å². The quantitative estimate of drug-likeness (QED) is 0.150. The van der Waals surface area contributed by atoms with Gasteiger partial charge in [-0.15, -0.1) is 0 Å². The molecule has 0 radical (unpaired) electrons. The summed E-state index contributed by atoms with van der Waals surface area (Å²) in [6, 6.07) is 6.73. The van der Waals surface area contributed by atoms with Crippen molar-refractivity contribution in [2.24, 2.45) is 41.4 Å². The molecule has 0 saturated carbocycles. The third kappa shape index (κ3) is 10.3. The van der Waals surface area contributed by atoms with E-state index in [-0.39, 0.29) is 77.1 Å². The number of carbonyl (C=O) groups excluding carboxylic acids is 2. The van der Waals surface area contributed by atoms with Gasteiger partial charge in [-0.2, -0.15) is 0 Å². The van der Waals surface area contributed by atoms with Crippen LogP contribution in [0.2, 0.25) is 0 Å². The van der Waals surface area contributed by atoms with E-state index >= 15 is 0 Å². The number of carbonyl (C=O) groups is 2. The maximum Gasteiger partial charge on any atom is 1.00 e. The van der Waals surface area contributed by atoms with Crippen LogP contribution in [0.15, 0.2) is 36.4 Å². The fraction of sp³-hybridized carbons (Fsp3) is 0.796. The molecule has 18 atom stereocenters. The van der Waals surface area contributed by atoms with Crippen molar-refractivity contribution in [1.82, 2.24) is 5.32 Å². The second-order valence-corrected chi connectivity index (χ2v) is 20.0. The number of ketones is 1. The second kappa shape index (κ2) is 20.6. The number of carboxylic acids is 1. The van der Waals surface area contributed by atoms with Crippen LogP contribution in [0.5, 0.6) is 5.75 Å². The Balaban J connectivity index is 0.00000726. The molecule has 62 heavy (non-hydrogen) atoms. The summed E-state index contributed by atoms with van der Waals surface area (Å²) in [5.74, 6) is -5.75. The third-order valence-electron chi connectivity index (χ3n) is 15.9. The molecule has 6 rings (SSSR count). The SMILES string of the molecule is CC[C@@H](C(=O)[C@@H](C)[C@@H](O)[C@H](C)[C@@H]1O[C@@H]([C@@H](CC)C(=O)[O-])CC[C@@H]1C)[C@H]1O[C@]2(C=C[C@H](NCc3ccc(O)cc3)[C@]3(CC[C@@](C)([C@H]4CC[C@](O)(CC)[C@H](C)O4)O3)O2)[C@H](C)C[C@@H]1C.[Na+]. The number of carboxylic acid groups (broad SMARTS) is 1. The molecular weight excluding hydrogens is 802 g/mol. The van der Waals surface area contributed by atoms with E-state index in [9.17, 15) is 30.0 Å². The first-order valence-electron chi connectivity index (χ1n) is 23.5. The topological polar surface area (TPSA) is 176 Å². The normalized spacial score (nSPS) is 40.9. The first-order chi connectivity index (χ1) is 28.8. The molecule has 2 spiro atoms. The maximum atomic E-state index is 14.7. The van der Waals surface area contributed by atoms with Gasteiger partial charge in [0, 0.05) is 48.5 Å². The van der Waals surface area contributed by atoms with E-state index in [4.69, 9.17) is 23.7 Å². The molecule has 4 N–H and O–H groups in total. The number of Topliss-reactive ketones (excluding diaryl/α,β-unsaturated/α-hetero) is 1. The Hall–Kier alpha value is -1.42. The van der Waals surface area contributed by atoms with Crippen molar-refractivity contribution in [3.8, 4) is 5.75 Å². The van der Waals surface area contributed by atoms with Gasteiger partial charge in [-0.3, -0.25) is 4.79 Å². The zero-order chi connectivity index (χ0) is 44.7. The van der Waals surface area contributed by atoms with E-state index in [2.05, 4.69) is 39.1 Å². The molecule has 0 aromatic heterocycles. The summed E-state index contributed by atoms with van der Waals surface area (Å²) < 4.78 is 34.8. The number of aromatic hydroxyl groups is 1. The fourth-order valence-corrected chi connectivity index (χ4v) is 11.6. The molecule has 5 aliphatic rings. The summed E-state index contributed by atoms with van der Waals surface area (Å²) in [5, 5.41) is 48.6. The number of aliphatic hydroxyl groups excluding tert-OH is 1. The van der Waals surface area contributed by atoms with Crippen molar-refractivity contribution in [2.75, 3.05) is 0 Å². The van der Waals surface area contributed by atoms with Crippen LogP contribution >= 0.6 is 0 Å². The summed E-state index contributed by atoms with van der Waals surface area (Å²) in [7, 11) is 0. The molecule has 4 fully saturated rings. The number of nitrogens with one attached hydrogen (secondary N) is 1. The van der Waals surface area contributed by atoms with Crippen LogP contribution in [0.25, 0.3) is 0 Å². The minimum Gasteiger partial charge on any atom is -0.550 e. The van der Waals surface area contributed by atoms with E-state index in [1.807, 2.05) is 52.8 Å². The Bertz CT molecular complexity index is 1700. The first kappa shape index (κ1) is 51.6. The third-order valence-corrected chi connectivity index (χ3v) is 15.9. The smallest absolute Gasteiger partial charge is 0.550 e. The summed E-state index contributed by atoms with van der Waals surface area (Å²) in [5.41, 5.74) is -0.612. The Morgan fingerprint density at radius 3 is 2.19 bits per heavy atom. The van der Waals surface area contributed by atoms with Crippen LogP contribution in [0.3, 0.4) is 0 Å². The number of rotatable bonds is 15. The van der Waals surface area contributed by atoms with Crippen LogP contribution in [-0.4, -0.2) is 92.5 Å². The van der Waals surface area contributed by atoms with E-state index in [1.165, 1.54) is 0 Å². The molecule has 0 amide bonds. The molecule has 0 unspecified atom stereocenters. The molecule has 5 aliphatic heterocycles. The van der Waals surface area contributed by atoms with Crippen LogP contribution in [0.4, 0.5) is 0 Å². The van der Waals surface area contributed by atoms with Gasteiger partial charge < -0.3 is 54.2 Å². The minimum atomic E-state index is -1.21. The summed E-state index contributed by atoms with van der Waals surface area (Å²) in [4.78, 5) is 26.6. The number of phenolic OH excluding ortho intramolecular Hbond substituents is 1. The molecule has 12 nitrogen and oxygen atoms in total. The van der Waals surface area contributed by atoms with Gasteiger partial charge in [-0.25, -0.2) is 0 Å². The molecule has 5 heterocycles. The zero-order valence-electron chi connectivity index (χ0n) is 39.4. The van der Waals surface area contributed by atoms with Crippen molar-refractivity contribution >= 4 is 11.8 Å². The average molecular weight is 878 g/mol. The minimum absolute atomic E-state index is 0. The Labute approximate surface area is 392 Å². The van der Waals surface area contributed by atoms with Crippen molar-refractivity contribution in [3.63, 3.8) is 0 Å². The maximum absolute atomic E-state index is 14.7. The number of ether oxygens (including phenoxy) is 5. The summed E-state index contributed by atoms with van der Waals surface area (Å²) >= 11 is 0. The molecule has 344 valence electrons. The molecular formula is C49H76NNaO11. The number of benzene rings is 1. The van der Waals surface area contributed by atoms with Gasteiger partial charge in [0.2, 0.25) is 0 Å². The molecule has 4 saturated heterocycles. The standard InChI is InChI=1S/C49H77NO11.Na/c1-11-36(45(54)55)38-19-14-28(4)43(58-38)32(8)41(52)31(7)42(53)37(12-2)44-29(5)26-30(6)48(59-44)23-20-39(50-27-34-15-17-35(51)18-16-34)49(61-48)25-24-46(10,60-49)40-21-22-47(56,13-3)33(9)57-40;/h15-18,20,23,28-33,36-41,43-44,50-52,56H,11-14,19,21-22,24-27H2,1-10H3,(H,54,55);/q;+1/p-1/t28-,29-,30+,31-,32-,33-,36+,37-,38+,39-,40+,41+,43+,44-,46-,47+,48-,49-;/m0./s1. The van der Waals surface area contributed by atoms with Crippen LogP contribution in [-0.2, 0) is 39.8 Å². The predicted molar refractivity (Wildman–Crippen MR) is 229 cm³/mol. The van der Waals surface area contributed by atoms with Crippen molar-refractivity contribution in [3.05, 3.63) is 42.0 Å². The number of aliphatic carboxylic acids is 1. The number of phenols is 1. The Kier molecular flexibility index (Phi) is 17.1. The van der Waals surface area contributed by atoms with Crippen LogP contribution in [0, 0.1) is 41.4 Å². The first-order valence-corrected chi connectivity index (χ1v) is 23.5. The Morgan fingerprint density at radius 1 is 0.903 bits per heavy atom. The Morgan fingerprint density at radius 2 is 1.58 bits per heavy atom. The number of hydrogen-bond donors (Lipinski definition) is 4. The van der Waals surface area contributed by atoms with Gasteiger partial charge in [-0.1, -0.05) is 73.6 Å². The van der Waals surface area contributed by atoms with Gasteiger partial charge in [0.1, 0.15) is 11.5 Å². The van der Waals surface area contributed by atoms with Gasteiger partial charge in [0.25, 0.3) is 0 Å². The van der Waals surface area contributed by atoms with Gasteiger partial charge >= 0.3 is 29.6 Å². The molecule has 13 heteroatoms. The number of aliphatic hydroxyl groups is 2. The molecule has 0 bridgehead atoms. The molecule has 1 aromatic carbocycles. The average Bonchev–Trinajstić information content (AvgIpc) is 3.57. The zero-order valence-corrected chi connectivity index (χ0v) is 41.4. The van der Waals surface area contributed by atoms with Crippen molar-refractivity contribution < 1.29 is 83.3 Å². The van der Waals surface area contributed by atoms with E-state index in [0.717, 1.165) is 18.4 Å². The molecule has 1 aromatic rings. The molecule has 0 aliphatic carbocycles. The fourth-order valence-electron chi connectivity index (χ4n) is 11.6. The van der Waals surface area contributed by atoms with E-state index < -0.39 is 76.8 Å². The summed E-state index contributed by atoms with van der Waals surface area (Å²) in [6.07, 6.45) is 7.15. The predicted octanol–water partition coefficient (Wildman–Crippen LogP) is 3.36. The van der Waals surface area contributed by atoms with Crippen molar-refractivity contribution in [2.45, 2.75) is 205 Å². The van der Waals surface area contributed by atoms with Gasteiger partial charge in [-0.05, 0) is 107 Å². The number of hydrogen-bond acceptors (Lipinski definition) is 12. The van der Waals surface area contributed by atoms with Crippen LogP contribution in [0.1, 0.15) is 139 Å². The van der Waals surface area contributed by atoms with E-state index in [0.29, 0.717) is 57.9 Å². The second-order valence-electron chi connectivity index (χ2n) is 20.0. The largest absolute Gasteiger partial charge is 1.00 e. The summed E-state index contributed by atoms with van der Waals surface area (Å²) in [6.45, 7) is 20.3. The van der Waals surface area contributed by atoms with E-state index in [1.54, 1.807) is 19.1 Å². The van der Waals surface area contributed by atoms with Crippen LogP contribution < -0.4 is 40.0 Å². The van der Waals surface area contributed by atoms with Crippen molar-refractivity contribution in [1.29, 1.82) is 0 Å². The monoisotopic (exact) mass is 878 g/mol. The van der Waals surface area contributed by atoms with Gasteiger partial charge in [0.05, 0.1) is 53.9 Å².